The lowest BCUT2D eigenvalue weighted by atomic mass is 10.1. The molecule has 34 heavy (non-hydrogen) atoms. The van der Waals surface area contributed by atoms with Crippen LogP contribution >= 0.6 is 0 Å². The molecule has 10 nitrogen and oxygen atoms in total. The molecule has 0 heterocycles. The number of aliphatic hydroxyl groups excluding tert-OH is 4. The zero-order valence-corrected chi connectivity index (χ0v) is 19.1. The minimum Gasteiger partial charge on any atom is -0.487 e. The number of Topliss-reactive ketones (excluding diaryl/α,β-unsaturated/α-hetero) is 2. The van der Waals surface area contributed by atoms with Gasteiger partial charge in [-0.15, -0.1) is 0 Å². The van der Waals surface area contributed by atoms with E-state index in [9.17, 15) is 19.8 Å². The summed E-state index contributed by atoms with van der Waals surface area (Å²) in [4.78, 5) is 23.3. The SMILES string of the molecule is CC(=O)c1ccc(OCCOc2ccc(C(C)=O)cc2OCC(O)CO)c(OCC(O)CO)c1. The van der Waals surface area contributed by atoms with Crippen molar-refractivity contribution in [1.82, 2.24) is 0 Å². The van der Waals surface area contributed by atoms with E-state index >= 15 is 0 Å². The van der Waals surface area contributed by atoms with Crippen LogP contribution in [0.15, 0.2) is 36.4 Å². The van der Waals surface area contributed by atoms with Gasteiger partial charge in [0.1, 0.15) is 38.6 Å². The Kier molecular flexibility index (Phi) is 10.8. The maximum atomic E-state index is 11.7. The molecule has 0 aliphatic rings. The molecule has 2 unspecified atom stereocenters. The van der Waals surface area contributed by atoms with E-state index < -0.39 is 25.4 Å². The van der Waals surface area contributed by atoms with E-state index in [1.165, 1.54) is 26.0 Å². The van der Waals surface area contributed by atoms with Crippen molar-refractivity contribution in [2.24, 2.45) is 0 Å². The van der Waals surface area contributed by atoms with Gasteiger partial charge in [0.2, 0.25) is 0 Å². The summed E-state index contributed by atoms with van der Waals surface area (Å²) in [6, 6.07) is 9.25. The Balaban J connectivity index is 2.05. The Bertz CT molecular complexity index is 881. The highest BCUT2D eigenvalue weighted by atomic mass is 16.6. The van der Waals surface area contributed by atoms with Crippen molar-refractivity contribution in [2.75, 3.05) is 39.6 Å². The van der Waals surface area contributed by atoms with Gasteiger partial charge in [-0.2, -0.15) is 0 Å². The molecule has 2 aromatic carbocycles. The molecule has 2 aromatic rings. The smallest absolute Gasteiger partial charge is 0.162 e. The Labute approximate surface area is 197 Å². The highest BCUT2D eigenvalue weighted by molar-refractivity contribution is 5.95. The molecule has 0 fully saturated rings. The number of aliphatic hydroxyl groups is 4. The molecule has 0 amide bonds. The standard InChI is InChI=1S/C24H30O10/c1-15(27)17-3-5-21(23(9-17)33-13-19(29)11-25)31-7-8-32-22-6-4-18(16(2)28)10-24(22)34-14-20(30)12-26/h3-6,9-10,19-20,25-26,29-30H,7-8,11-14H2,1-2H3. The average Bonchev–Trinajstić information content (AvgIpc) is 2.83. The van der Waals surface area contributed by atoms with Gasteiger partial charge >= 0.3 is 0 Å². The van der Waals surface area contributed by atoms with Crippen LogP contribution in [0.25, 0.3) is 0 Å². The third-order valence-electron chi connectivity index (χ3n) is 4.58. The van der Waals surface area contributed by atoms with Gasteiger partial charge in [0.25, 0.3) is 0 Å². The van der Waals surface area contributed by atoms with Gasteiger partial charge in [0, 0.05) is 11.1 Å². The fourth-order valence-electron chi connectivity index (χ4n) is 2.70. The largest absolute Gasteiger partial charge is 0.487 e. The van der Waals surface area contributed by atoms with Crippen molar-refractivity contribution in [1.29, 1.82) is 0 Å². The fraction of sp³-hybridized carbons (Fsp3) is 0.417. The molecule has 0 spiro atoms. The molecule has 10 heteroatoms. The normalized spacial score (nSPS) is 12.5. The van der Waals surface area contributed by atoms with Crippen molar-refractivity contribution in [3.63, 3.8) is 0 Å². The summed E-state index contributed by atoms with van der Waals surface area (Å²) in [7, 11) is 0. The Morgan fingerprint density at radius 1 is 0.676 bits per heavy atom. The van der Waals surface area contributed by atoms with E-state index in [1.54, 1.807) is 24.3 Å². The lowest BCUT2D eigenvalue weighted by molar-refractivity contribution is 0.0516. The number of rotatable bonds is 15. The van der Waals surface area contributed by atoms with Gasteiger partial charge in [-0.1, -0.05) is 0 Å². The first kappa shape index (κ1) is 27.1. The van der Waals surface area contributed by atoms with Crippen LogP contribution in [-0.4, -0.2) is 83.8 Å². The summed E-state index contributed by atoms with van der Waals surface area (Å²) >= 11 is 0. The summed E-state index contributed by atoms with van der Waals surface area (Å²) in [5, 5.41) is 37.0. The fourth-order valence-corrected chi connectivity index (χ4v) is 2.70. The number of ketones is 2. The Morgan fingerprint density at radius 3 is 1.38 bits per heavy atom. The summed E-state index contributed by atoms with van der Waals surface area (Å²) in [6.45, 7) is 1.65. The number of ether oxygens (including phenoxy) is 4. The van der Waals surface area contributed by atoms with Gasteiger partial charge in [-0.25, -0.2) is 0 Å². The molecule has 2 rings (SSSR count). The third-order valence-corrected chi connectivity index (χ3v) is 4.58. The lowest BCUT2D eigenvalue weighted by Crippen LogP contribution is -2.22. The minimum absolute atomic E-state index is 0.0749. The second-order valence-corrected chi connectivity index (χ2v) is 7.43. The number of hydrogen-bond acceptors (Lipinski definition) is 10. The average molecular weight is 478 g/mol. The number of benzene rings is 2. The van der Waals surface area contributed by atoms with Crippen LogP contribution in [0.3, 0.4) is 0 Å². The summed E-state index contributed by atoms with van der Waals surface area (Å²) in [5.74, 6) is 0.744. The van der Waals surface area contributed by atoms with Gasteiger partial charge in [0.15, 0.2) is 34.6 Å². The molecule has 186 valence electrons. The van der Waals surface area contributed by atoms with E-state index in [0.717, 1.165) is 0 Å². The number of carbonyl (C=O) groups is 2. The highest BCUT2D eigenvalue weighted by Crippen LogP contribution is 2.30. The molecule has 0 radical (unpaired) electrons. The molecule has 2 atom stereocenters. The maximum absolute atomic E-state index is 11.7. The third kappa shape index (κ3) is 8.31. The molecular formula is C24H30O10. The first-order valence-electron chi connectivity index (χ1n) is 10.6. The molecule has 4 N–H and O–H groups in total. The first-order chi connectivity index (χ1) is 16.2. The van der Waals surface area contributed by atoms with Crippen LogP contribution in [-0.2, 0) is 0 Å². The molecule has 0 aliphatic carbocycles. The van der Waals surface area contributed by atoms with E-state index in [0.29, 0.717) is 22.6 Å². The predicted molar refractivity (Wildman–Crippen MR) is 121 cm³/mol. The van der Waals surface area contributed by atoms with Gasteiger partial charge in [-0.05, 0) is 50.2 Å². The summed E-state index contributed by atoms with van der Waals surface area (Å²) < 4.78 is 22.4. The Hall–Kier alpha value is -3.18. The van der Waals surface area contributed by atoms with Crippen LogP contribution < -0.4 is 18.9 Å². The molecule has 0 aliphatic heterocycles. The molecule has 0 aromatic heterocycles. The maximum Gasteiger partial charge on any atom is 0.162 e. The summed E-state index contributed by atoms with van der Waals surface area (Å²) in [5.41, 5.74) is 0.795. The van der Waals surface area contributed by atoms with E-state index in [2.05, 4.69) is 0 Å². The van der Waals surface area contributed by atoms with Crippen molar-refractivity contribution in [3.8, 4) is 23.0 Å². The van der Waals surface area contributed by atoms with Gasteiger partial charge < -0.3 is 39.4 Å². The van der Waals surface area contributed by atoms with E-state index in [4.69, 9.17) is 29.2 Å². The van der Waals surface area contributed by atoms with Crippen molar-refractivity contribution < 1.29 is 49.0 Å². The lowest BCUT2D eigenvalue weighted by Gasteiger charge is -2.17. The van der Waals surface area contributed by atoms with Crippen LogP contribution in [0.1, 0.15) is 34.6 Å². The molecular weight excluding hydrogens is 448 g/mol. The van der Waals surface area contributed by atoms with E-state index in [1.807, 2.05) is 0 Å². The van der Waals surface area contributed by atoms with Gasteiger partial charge in [0.05, 0.1) is 13.2 Å². The highest BCUT2D eigenvalue weighted by Gasteiger charge is 2.14. The van der Waals surface area contributed by atoms with Crippen LogP contribution in [0.2, 0.25) is 0 Å². The first-order valence-corrected chi connectivity index (χ1v) is 10.6. The second-order valence-electron chi connectivity index (χ2n) is 7.43. The second kappa shape index (κ2) is 13.5. The molecule has 0 saturated heterocycles. The molecule has 0 bridgehead atoms. The predicted octanol–water partition coefficient (Wildman–Crippen LogP) is 1.01. The van der Waals surface area contributed by atoms with Gasteiger partial charge in [-0.3, -0.25) is 9.59 Å². The minimum atomic E-state index is -1.09. The quantitative estimate of drug-likeness (QED) is 0.216. The van der Waals surface area contributed by atoms with Crippen LogP contribution in [0.4, 0.5) is 0 Å². The van der Waals surface area contributed by atoms with E-state index in [-0.39, 0.29) is 49.5 Å². The zero-order valence-electron chi connectivity index (χ0n) is 19.1. The van der Waals surface area contributed by atoms with Crippen LogP contribution in [0.5, 0.6) is 23.0 Å². The van der Waals surface area contributed by atoms with Crippen molar-refractivity contribution >= 4 is 11.6 Å². The monoisotopic (exact) mass is 478 g/mol. The number of carbonyl (C=O) groups excluding carboxylic acids is 2. The topological polar surface area (TPSA) is 152 Å². The zero-order chi connectivity index (χ0) is 25.1. The summed E-state index contributed by atoms with van der Waals surface area (Å²) in [6.07, 6.45) is -2.17. The number of hydrogen-bond donors (Lipinski definition) is 4. The van der Waals surface area contributed by atoms with Crippen molar-refractivity contribution in [2.45, 2.75) is 26.1 Å². The van der Waals surface area contributed by atoms with Crippen molar-refractivity contribution in [3.05, 3.63) is 47.5 Å². The Morgan fingerprint density at radius 2 is 1.06 bits per heavy atom. The van der Waals surface area contributed by atoms with Crippen LogP contribution in [0, 0.1) is 0 Å². The molecule has 0 saturated carbocycles.